The quantitative estimate of drug-likeness (QED) is 0.237. The molecule has 25 heavy (non-hydrogen) atoms. The summed E-state index contributed by atoms with van der Waals surface area (Å²) in [4.78, 5) is 22.1. The number of para-hydroxylation sites is 1. The van der Waals surface area contributed by atoms with Gasteiger partial charge in [0.25, 0.3) is 0 Å². The summed E-state index contributed by atoms with van der Waals surface area (Å²) in [6.07, 6.45) is 3.73. The smallest absolute Gasteiger partial charge is 0.319 e. The lowest BCUT2D eigenvalue weighted by Gasteiger charge is -2.18. The fraction of sp³-hybridized carbons (Fsp3) is 0.579. The van der Waals surface area contributed by atoms with Crippen molar-refractivity contribution in [1.29, 1.82) is 0 Å². The van der Waals surface area contributed by atoms with Crippen molar-refractivity contribution >= 4 is 11.9 Å². The van der Waals surface area contributed by atoms with Crippen LogP contribution in [0.4, 0.5) is 0 Å². The van der Waals surface area contributed by atoms with Crippen LogP contribution in [0.5, 0.6) is 5.75 Å². The van der Waals surface area contributed by atoms with Gasteiger partial charge in [-0.05, 0) is 31.4 Å². The third-order valence-corrected chi connectivity index (χ3v) is 3.46. The summed E-state index contributed by atoms with van der Waals surface area (Å²) in [5, 5.41) is 8.64. The summed E-state index contributed by atoms with van der Waals surface area (Å²) >= 11 is 0. The number of benzene rings is 1. The predicted octanol–water partition coefficient (Wildman–Crippen LogP) is 3.79. The molecule has 1 atom stereocenters. The van der Waals surface area contributed by atoms with Gasteiger partial charge in [-0.2, -0.15) is 0 Å². The number of carboxylic acids is 1. The van der Waals surface area contributed by atoms with Crippen molar-refractivity contribution < 1.29 is 28.9 Å². The molecule has 0 aliphatic heterocycles. The lowest BCUT2D eigenvalue weighted by atomic mass is 10.2. The number of carbonyl (C=O) groups excluding carboxylic acids is 1. The minimum Gasteiger partial charge on any atom is -0.494 e. The molecule has 0 bridgehead atoms. The van der Waals surface area contributed by atoms with Crippen molar-refractivity contribution in [3.63, 3.8) is 0 Å². The highest BCUT2D eigenvalue weighted by Gasteiger charge is 2.17. The van der Waals surface area contributed by atoms with E-state index in [1.807, 2.05) is 30.3 Å². The maximum Gasteiger partial charge on any atom is 0.319 e. The Labute approximate surface area is 149 Å². The molecule has 1 aromatic carbocycles. The second-order valence-corrected chi connectivity index (χ2v) is 5.73. The Bertz CT molecular complexity index is 488. The average Bonchev–Trinajstić information content (AvgIpc) is 2.58. The van der Waals surface area contributed by atoms with Crippen molar-refractivity contribution in [3.05, 3.63) is 30.3 Å². The highest BCUT2D eigenvalue weighted by Crippen LogP contribution is 2.12. The second kappa shape index (κ2) is 13.2. The van der Waals surface area contributed by atoms with Crippen LogP contribution in [0.3, 0.4) is 0 Å². The number of ether oxygens (including phenoxy) is 3. The van der Waals surface area contributed by atoms with Gasteiger partial charge in [0.05, 0.1) is 13.2 Å². The molecule has 1 N–H and O–H groups in total. The van der Waals surface area contributed by atoms with E-state index in [0.29, 0.717) is 19.6 Å². The first-order chi connectivity index (χ1) is 12.1. The molecule has 6 heteroatoms. The largest absolute Gasteiger partial charge is 0.494 e. The molecular formula is C19H28O6. The van der Waals surface area contributed by atoms with Crippen molar-refractivity contribution in [2.75, 3.05) is 13.2 Å². The Hall–Kier alpha value is -2.08. The van der Waals surface area contributed by atoms with Gasteiger partial charge in [-0.25, -0.2) is 0 Å². The number of hydrogen-bond donors (Lipinski definition) is 1. The molecule has 0 aliphatic rings. The Morgan fingerprint density at radius 3 is 2.44 bits per heavy atom. The molecule has 1 rings (SSSR count). The number of unbranched alkanes of at least 4 members (excludes halogenated alkanes) is 3. The van der Waals surface area contributed by atoms with E-state index < -0.39 is 24.6 Å². The van der Waals surface area contributed by atoms with Gasteiger partial charge < -0.3 is 19.3 Å². The average molecular weight is 352 g/mol. The molecule has 0 spiro atoms. The predicted molar refractivity (Wildman–Crippen MR) is 93.4 cm³/mol. The highest BCUT2D eigenvalue weighted by atomic mass is 16.7. The number of hydrogen-bond acceptors (Lipinski definition) is 5. The van der Waals surface area contributed by atoms with Crippen LogP contribution in [-0.4, -0.2) is 36.5 Å². The second-order valence-electron chi connectivity index (χ2n) is 5.73. The van der Waals surface area contributed by atoms with Crippen LogP contribution in [-0.2, 0) is 19.1 Å². The van der Waals surface area contributed by atoms with E-state index in [1.165, 1.54) is 0 Å². The Balaban J connectivity index is 2.27. The van der Waals surface area contributed by atoms with Gasteiger partial charge in [0.1, 0.15) is 12.2 Å². The van der Waals surface area contributed by atoms with Gasteiger partial charge in [-0.3, -0.25) is 9.59 Å². The first-order valence-electron chi connectivity index (χ1n) is 8.82. The van der Waals surface area contributed by atoms with Crippen LogP contribution in [0, 0.1) is 0 Å². The lowest BCUT2D eigenvalue weighted by Crippen LogP contribution is -2.23. The molecule has 0 aliphatic carbocycles. The van der Waals surface area contributed by atoms with E-state index in [0.717, 1.165) is 37.9 Å². The zero-order chi connectivity index (χ0) is 18.3. The number of rotatable bonds is 14. The number of esters is 1. The molecule has 0 fully saturated rings. The molecule has 140 valence electrons. The van der Waals surface area contributed by atoms with Crippen LogP contribution >= 0.6 is 0 Å². The molecule has 0 aromatic heterocycles. The van der Waals surface area contributed by atoms with E-state index >= 15 is 0 Å². The summed E-state index contributed by atoms with van der Waals surface area (Å²) in [5.41, 5.74) is 0. The number of aliphatic carboxylic acids is 1. The Morgan fingerprint density at radius 2 is 1.76 bits per heavy atom. The molecule has 0 heterocycles. The molecule has 1 aromatic rings. The van der Waals surface area contributed by atoms with Gasteiger partial charge in [0.2, 0.25) is 6.29 Å². The van der Waals surface area contributed by atoms with Crippen molar-refractivity contribution in [2.24, 2.45) is 0 Å². The first kappa shape index (κ1) is 21.0. The summed E-state index contributed by atoms with van der Waals surface area (Å²) in [6.45, 7) is 3.16. The van der Waals surface area contributed by atoms with Crippen LogP contribution in [0.1, 0.15) is 51.9 Å². The molecule has 1 unspecified atom stereocenters. The van der Waals surface area contributed by atoms with Crippen molar-refractivity contribution in [2.45, 2.75) is 58.2 Å². The maximum atomic E-state index is 11.5. The fourth-order valence-electron chi connectivity index (χ4n) is 2.17. The van der Waals surface area contributed by atoms with Crippen molar-refractivity contribution in [1.82, 2.24) is 0 Å². The van der Waals surface area contributed by atoms with E-state index in [4.69, 9.17) is 19.3 Å². The third-order valence-electron chi connectivity index (χ3n) is 3.46. The molecule has 0 amide bonds. The van der Waals surface area contributed by atoms with E-state index in [1.54, 1.807) is 0 Å². The zero-order valence-corrected chi connectivity index (χ0v) is 14.8. The first-order valence-corrected chi connectivity index (χ1v) is 8.82. The summed E-state index contributed by atoms with van der Waals surface area (Å²) < 4.78 is 16.3. The SMILES string of the molecule is CCCCCOC(CCCCOc1ccccc1)OC(=O)CC(=O)O. The van der Waals surface area contributed by atoms with Gasteiger partial charge in [-0.1, -0.05) is 38.0 Å². The van der Waals surface area contributed by atoms with E-state index in [-0.39, 0.29) is 0 Å². The Kier molecular flexibility index (Phi) is 11.1. The minimum atomic E-state index is -1.20. The van der Waals surface area contributed by atoms with Gasteiger partial charge in [0.15, 0.2) is 0 Å². The number of carbonyl (C=O) groups is 2. The molecule has 6 nitrogen and oxygen atoms in total. The minimum absolute atomic E-state index is 0.499. The standard InChI is InChI=1S/C19H28O6/c1-2-3-8-14-24-19(25-18(22)15-17(20)21)12-7-9-13-23-16-10-5-4-6-11-16/h4-6,10-11,19H,2-3,7-9,12-15H2,1H3,(H,20,21). The summed E-state index contributed by atoms with van der Waals surface area (Å²) in [7, 11) is 0. The highest BCUT2D eigenvalue weighted by molar-refractivity contribution is 5.90. The van der Waals surface area contributed by atoms with Crippen molar-refractivity contribution in [3.8, 4) is 5.75 Å². The number of carboxylic acid groups (broad SMARTS) is 1. The third kappa shape index (κ3) is 11.2. The van der Waals surface area contributed by atoms with Crippen LogP contribution in [0.2, 0.25) is 0 Å². The van der Waals surface area contributed by atoms with Gasteiger partial charge in [0, 0.05) is 6.42 Å². The van der Waals surface area contributed by atoms with Gasteiger partial charge in [-0.15, -0.1) is 0 Å². The van der Waals surface area contributed by atoms with Crippen LogP contribution < -0.4 is 4.74 Å². The van der Waals surface area contributed by atoms with E-state index in [9.17, 15) is 9.59 Å². The maximum absolute atomic E-state index is 11.5. The molecule has 0 radical (unpaired) electrons. The molecular weight excluding hydrogens is 324 g/mol. The van der Waals surface area contributed by atoms with Crippen LogP contribution in [0.25, 0.3) is 0 Å². The van der Waals surface area contributed by atoms with E-state index in [2.05, 4.69) is 6.92 Å². The molecule has 0 saturated heterocycles. The summed E-state index contributed by atoms with van der Waals surface area (Å²) in [5.74, 6) is -1.15. The summed E-state index contributed by atoms with van der Waals surface area (Å²) in [6, 6.07) is 9.55. The topological polar surface area (TPSA) is 82.1 Å². The fourth-order valence-corrected chi connectivity index (χ4v) is 2.17. The Morgan fingerprint density at radius 1 is 1.04 bits per heavy atom. The monoisotopic (exact) mass is 352 g/mol. The molecule has 0 saturated carbocycles. The van der Waals surface area contributed by atoms with Gasteiger partial charge >= 0.3 is 11.9 Å². The lowest BCUT2D eigenvalue weighted by molar-refractivity contribution is -0.182. The van der Waals surface area contributed by atoms with Crippen LogP contribution in [0.15, 0.2) is 30.3 Å². The zero-order valence-electron chi connectivity index (χ0n) is 14.8. The normalized spacial score (nSPS) is 11.7.